The highest BCUT2D eigenvalue weighted by atomic mass is 35.5. The van der Waals surface area contributed by atoms with E-state index in [1.165, 1.54) is 13.0 Å². The zero-order valence-electron chi connectivity index (χ0n) is 11.2. The summed E-state index contributed by atoms with van der Waals surface area (Å²) in [6.45, 7) is 3.18. The fraction of sp³-hybridized carbons (Fsp3) is 0.545. The molecule has 1 aromatic heterocycles. The molecule has 21 heavy (non-hydrogen) atoms. The average molecular weight is 359 g/mol. The Morgan fingerprint density at radius 1 is 1.57 bits per heavy atom. The molecule has 1 atom stereocenters. The molecule has 1 aromatic rings. The van der Waals surface area contributed by atoms with Crippen molar-refractivity contribution in [3.8, 4) is 0 Å². The van der Waals surface area contributed by atoms with Crippen molar-refractivity contribution in [2.45, 2.75) is 42.0 Å². The normalized spacial score (nSPS) is 23.5. The van der Waals surface area contributed by atoms with Crippen molar-refractivity contribution < 1.29 is 22.3 Å². The summed E-state index contributed by atoms with van der Waals surface area (Å²) in [5, 5.41) is 9.44. The number of thiophene rings is 1. The predicted molar refractivity (Wildman–Crippen MR) is 76.2 cm³/mol. The van der Waals surface area contributed by atoms with E-state index in [0.717, 1.165) is 16.2 Å². The molecule has 0 saturated heterocycles. The summed E-state index contributed by atoms with van der Waals surface area (Å²) < 4.78 is 51.7. The lowest BCUT2D eigenvalue weighted by Crippen LogP contribution is -2.55. The molecule has 1 aliphatic heterocycles. The summed E-state index contributed by atoms with van der Waals surface area (Å²) >= 11 is 5.85. The maximum Gasteiger partial charge on any atom is 0.371 e. The fourth-order valence-electron chi connectivity index (χ4n) is 1.93. The van der Waals surface area contributed by atoms with Crippen LogP contribution >= 0.6 is 22.9 Å². The van der Waals surface area contributed by atoms with E-state index >= 15 is 0 Å². The minimum Gasteiger partial charge on any atom is -0.363 e. The SMILES string of the molecule is CCc1ccc(S(=O)(=O)N2N=C(C)CC2(O)C(F)(F)Cl)s1. The van der Waals surface area contributed by atoms with Gasteiger partial charge in [-0.2, -0.15) is 22.3 Å². The molecular weight excluding hydrogens is 346 g/mol. The number of alkyl halides is 3. The molecule has 1 N–H and O–H groups in total. The number of sulfonamides is 1. The molecule has 0 fully saturated rings. The Morgan fingerprint density at radius 2 is 2.19 bits per heavy atom. The van der Waals surface area contributed by atoms with Gasteiger partial charge < -0.3 is 5.11 Å². The van der Waals surface area contributed by atoms with E-state index in [1.807, 2.05) is 6.92 Å². The molecule has 0 radical (unpaired) electrons. The minimum atomic E-state index is -4.40. The second-order valence-electron chi connectivity index (χ2n) is 4.65. The number of nitrogens with zero attached hydrogens (tertiary/aromatic N) is 2. The standard InChI is InChI=1S/C11H13ClF2N2O3S2/c1-3-8-4-5-9(20-8)21(18,19)16-10(17,11(12,13)14)6-7(2)15-16/h4-5,17H,3,6H2,1-2H3. The Labute approximate surface area is 129 Å². The van der Waals surface area contributed by atoms with Crippen LogP contribution in [0.1, 0.15) is 25.1 Å². The molecule has 0 bridgehead atoms. The first-order chi connectivity index (χ1) is 9.52. The number of rotatable bonds is 4. The van der Waals surface area contributed by atoms with Crippen LogP contribution < -0.4 is 0 Å². The van der Waals surface area contributed by atoms with Gasteiger partial charge in [0.15, 0.2) is 0 Å². The second kappa shape index (κ2) is 5.15. The van der Waals surface area contributed by atoms with Crippen LogP contribution in [0, 0.1) is 0 Å². The second-order valence-corrected chi connectivity index (χ2v) is 8.29. The summed E-state index contributed by atoms with van der Waals surface area (Å²) in [6.07, 6.45) is -0.0485. The number of hydrogen-bond donors (Lipinski definition) is 1. The minimum absolute atomic E-state index is 0.0214. The first-order valence-electron chi connectivity index (χ1n) is 5.99. The molecule has 0 spiro atoms. The van der Waals surface area contributed by atoms with E-state index in [9.17, 15) is 22.3 Å². The van der Waals surface area contributed by atoms with Crippen LogP contribution in [0.25, 0.3) is 0 Å². The summed E-state index contributed by atoms with van der Waals surface area (Å²) in [4.78, 5) is 0.773. The third-order valence-electron chi connectivity index (χ3n) is 3.00. The first-order valence-corrected chi connectivity index (χ1v) is 8.63. The van der Waals surface area contributed by atoms with E-state index < -0.39 is 27.6 Å². The Balaban J connectivity index is 2.51. The summed E-state index contributed by atoms with van der Waals surface area (Å²) in [5.41, 5.74) is -3.05. The van der Waals surface area contributed by atoms with Crippen LogP contribution in [0.3, 0.4) is 0 Å². The third kappa shape index (κ3) is 2.67. The first kappa shape index (κ1) is 16.6. The molecule has 1 unspecified atom stereocenters. The van der Waals surface area contributed by atoms with Crippen molar-refractivity contribution in [1.29, 1.82) is 0 Å². The summed E-state index contributed by atoms with van der Waals surface area (Å²) in [7, 11) is -4.40. The predicted octanol–water partition coefficient (Wildman–Crippen LogP) is 2.60. The van der Waals surface area contributed by atoms with Crippen molar-refractivity contribution in [3.05, 3.63) is 17.0 Å². The van der Waals surface area contributed by atoms with Gasteiger partial charge in [0.05, 0.1) is 0 Å². The van der Waals surface area contributed by atoms with E-state index in [-0.39, 0.29) is 14.3 Å². The number of hydrazone groups is 1. The monoisotopic (exact) mass is 358 g/mol. The van der Waals surface area contributed by atoms with Gasteiger partial charge >= 0.3 is 5.38 Å². The number of aryl methyl sites for hydroxylation is 1. The number of hydrogen-bond acceptors (Lipinski definition) is 5. The van der Waals surface area contributed by atoms with Gasteiger partial charge in [-0.15, -0.1) is 15.8 Å². The number of halogens is 3. The molecular formula is C11H13ClF2N2O3S2. The lowest BCUT2D eigenvalue weighted by Gasteiger charge is -2.33. The molecule has 2 rings (SSSR count). The van der Waals surface area contributed by atoms with E-state index in [2.05, 4.69) is 5.10 Å². The van der Waals surface area contributed by atoms with E-state index in [0.29, 0.717) is 6.42 Å². The maximum atomic E-state index is 13.5. The highest BCUT2D eigenvalue weighted by Gasteiger charge is 2.62. The van der Waals surface area contributed by atoms with Gasteiger partial charge in [-0.1, -0.05) is 6.92 Å². The van der Waals surface area contributed by atoms with Gasteiger partial charge in [0.1, 0.15) is 4.21 Å². The van der Waals surface area contributed by atoms with Gasteiger partial charge in [-0.3, -0.25) is 0 Å². The summed E-state index contributed by atoms with van der Waals surface area (Å²) in [5.74, 6) is 0. The third-order valence-corrected chi connectivity index (χ3v) is 6.69. The van der Waals surface area contributed by atoms with E-state index in [4.69, 9.17) is 11.6 Å². The summed E-state index contributed by atoms with van der Waals surface area (Å²) in [6, 6.07) is 2.89. The smallest absolute Gasteiger partial charge is 0.363 e. The lowest BCUT2D eigenvalue weighted by molar-refractivity contribution is -0.175. The van der Waals surface area contributed by atoms with Gasteiger partial charge in [-0.05, 0) is 37.1 Å². The molecule has 0 amide bonds. The Hall–Kier alpha value is -0.770. The Bertz CT molecular complexity index is 684. The molecule has 5 nitrogen and oxygen atoms in total. The van der Waals surface area contributed by atoms with Gasteiger partial charge in [0.2, 0.25) is 0 Å². The highest BCUT2D eigenvalue weighted by molar-refractivity contribution is 7.91. The molecule has 10 heteroatoms. The van der Waals surface area contributed by atoms with Gasteiger partial charge in [-0.25, -0.2) is 0 Å². The van der Waals surface area contributed by atoms with Crippen molar-refractivity contribution in [2.24, 2.45) is 5.10 Å². The van der Waals surface area contributed by atoms with Gasteiger partial charge in [0, 0.05) is 17.0 Å². The van der Waals surface area contributed by atoms with Crippen molar-refractivity contribution in [1.82, 2.24) is 4.41 Å². The van der Waals surface area contributed by atoms with Crippen molar-refractivity contribution in [3.63, 3.8) is 0 Å². The Kier molecular flexibility index (Phi) is 4.07. The van der Waals surface area contributed by atoms with Crippen LogP contribution in [0.15, 0.2) is 21.4 Å². The van der Waals surface area contributed by atoms with E-state index in [1.54, 1.807) is 6.07 Å². The molecule has 2 heterocycles. The van der Waals surface area contributed by atoms with Crippen molar-refractivity contribution >= 4 is 38.7 Å². The quantitative estimate of drug-likeness (QED) is 0.841. The molecule has 1 aliphatic rings. The molecule has 118 valence electrons. The van der Waals surface area contributed by atoms with Crippen LogP contribution in [0.5, 0.6) is 0 Å². The lowest BCUT2D eigenvalue weighted by atomic mass is 10.1. The van der Waals surface area contributed by atoms with Crippen molar-refractivity contribution in [2.75, 3.05) is 0 Å². The number of aliphatic hydroxyl groups is 1. The molecule has 0 aromatic carbocycles. The zero-order valence-corrected chi connectivity index (χ0v) is 13.6. The zero-order chi connectivity index (χ0) is 16.1. The van der Waals surface area contributed by atoms with Crippen LogP contribution in [-0.2, 0) is 16.4 Å². The van der Waals surface area contributed by atoms with Crippen LogP contribution in [0.4, 0.5) is 8.78 Å². The highest BCUT2D eigenvalue weighted by Crippen LogP contribution is 2.45. The van der Waals surface area contributed by atoms with Crippen LogP contribution in [0.2, 0.25) is 0 Å². The molecule has 0 aliphatic carbocycles. The largest absolute Gasteiger partial charge is 0.371 e. The Morgan fingerprint density at radius 3 is 2.67 bits per heavy atom. The average Bonchev–Trinajstić information content (AvgIpc) is 2.93. The molecule has 0 saturated carbocycles. The topological polar surface area (TPSA) is 70.0 Å². The fourth-order valence-corrected chi connectivity index (χ4v) is 4.99. The maximum absolute atomic E-state index is 13.5. The van der Waals surface area contributed by atoms with Crippen LogP contribution in [-0.4, -0.2) is 34.8 Å². The van der Waals surface area contributed by atoms with Gasteiger partial charge in [0.25, 0.3) is 15.7 Å².